The van der Waals surface area contributed by atoms with Crippen LogP contribution in [0.1, 0.15) is 55.3 Å². The van der Waals surface area contributed by atoms with Gasteiger partial charge in [-0.1, -0.05) is 31.7 Å². The lowest BCUT2D eigenvalue weighted by molar-refractivity contribution is -0.129. The van der Waals surface area contributed by atoms with Crippen molar-refractivity contribution in [1.29, 1.82) is 0 Å². The second-order valence-corrected chi connectivity index (χ2v) is 7.51. The first kappa shape index (κ1) is 17.8. The quantitative estimate of drug-likeness (QED) is 0.856. The SMILES string of the molecule is CN(C)c1cccc(C(=O)N[C@H]2CC(=O)N(C3CCCCCC3)C2)c1. The monoisotopic (exact) mass is 343 g/mol. The molecule has 25 heavy (non-hydrogen) atoms. The van der Waals surface area contributed by atoms with Crippen LogP contribution in [0.15, 0.2) is 24.3 Å². The number of nitrogens with zero attached hydrogens (tertiary/aromatic N) is 2. The van der Waals surface area contributed by atoms with Crippen molar-refractivity contribution in [3.8, 4) is 0 Å². The fourth-order valence-electron chi connectivity index (χ4n) is 3.94. The van der Waals surface area contributed by atoms with Crippen LogP contribution in [0.4, 0.5) is 5.69 Å². The zero-order valence-corrected chi connectivity index (χ0v) is 15.3. The van der Waals surface area contributed by atoms with Crippen LogP contribution in [0.25, 0.3) is 0 Å². The summed E-state index contributed by atoms with van der Waals surface area (Å²) in [4.78, 5) is 29.0. The second kappa shape index (κ2) is 7.89. The molecule has 1 saturated carbocycles. The van der Waals surface area contributed by atoms with Crippen molar-refractivity contribution in [3.63, 3.8) is 0 Å². The Hall–Kier alpha value is -2.04. The van der Waals surface area contributed by atoms with Crippen molar-refractivity contribution in [2.45, 2.75) is 57.0 Å². The molecule has 1 heterocycles. The van der Waals surface area contributed by atoms with E-state index in [2.05, 4.69) is 5.32 Å². The largest absolute Gasteiger partial charge is 0.378 e. The molecular formula is C20H29N3O2. The lowest BCUT2D eigenvalue weighted by Gasteiger charge is -2.27. The molecule has 136 valence electrons. The molecule has 5 heteroatoms. The number of hydrogen-bond acceptors (Lipinski definition) is 3. The highest BCUT2D eigenvalue weighted by molar-refractivity contribution is 5.96. The summed E-state index contributed by atoms with van der Waals surface area (Å²) in [6, 6.07) is 7.86. The van der Waals surface area contributed by atoms with Gasteiger partial charge >= 0.3 is 0 Å². The van der Waals surface area contributed by atoms with E-state index in [-0.39, 0.29) is 17.9 Å². The van der Waals surface area contributed by atoms with Gasteiger partial charge in [0.15, 0.2) is 0 Å². The summed E-state index contributed by atoms with van der Waals surface area (Å²) in [5.74, 6) is 0.100. The zero-order valence-electron chi connectivity index (χ0n) is 15.3. The maximum absolute atomic E-state index is 12.6. The van der Waals surface area contributed by atoms with Gasteiger partial charge in [0.2, 0.25) is 5.91 Å². The van der Waals surface area contributed by atoms with E-state index in [4.69, 9.17) is 0 Å². The number of anilines is 1. The zero-order chi connectivity index (χ0) is 17.8. The molecule has 2 amide bonds. The molecule has 1 aliphatic heterocycles. The Labute approximate surface area is 150 Å². The van der Waals surface area contributed by atoms with Crippen LogP contribution >= 0.6 is 0 Å². The molecule has 0 bridgehead atoms. The predicted octanol–water partition coefficient (Wildman–Crippen LogP) is 2.81. The molecule has 1 saturated heterocycles. The molecule has 1 aromatic rings. The van der Waals surface area contributed by atoms with Gasteiger partial charge in [-0.05, 0) is 31.0 Å². The third-order valence-corrected chi connectivity index (χ3v) is 5.38. The topological polar surface area (TPSA) is 52.7 Å². The van der Waals surface area contributed by atoms with Gasteiger partial charge in [0, 0.05) is 44.4 Å². The molecule has 1 aromatic carbocycles. The van der Waals surface area contributed by atoms with Gasteiger partial charge in [0.05, 0.1) is 6.04 Å². The van der Waals surface area contributed by atoms with Crippen LogP contribution in [0.2, 0.25) is 0 Å². The van der Waals surface area contributed by atoms with Crippen LogP contribution in [0.5, 0.6) is 0 Å². The number of likely N-dealkylation sites (tertiary alicyclic amines) is 1. The summed E-state index contributed by atoms with van der Waals surface area (Å²) in [6.07, 6.45) is 7.62. The van der Waals surface area contributed by atoms with E-state index >= 15 is 0 Å². The molecule has 1 aliphatic carbocycles. The first-order valence-electron chi connectivity index (χ1n) is 9.42. The molecule has 0 aromatic heterocycles. The number of benzene rings is 1. The average molecular weight is 343 g/mol. The maximum atomic E-state index is 12.6. The normalized spacial score (nSPS) is 21.9. The summed E-state index contributed by atoms with van der Waals surface area (Å²) in [6.45, 7) is 0.655. The minimum Gasteiger partial charge on any atom is -0.378 e. The van der Waals surface area contributed by atoms with Crippen LogP contribution in [-0.4, -0.2) is 49.4 Å². The summed E-state index contributed by atoms with van der Waals surface area (Å²) in [5, 5.41) is 3.06. The van der Waals surface area contributed by atoms with Crippen molar-refractivity contribution in [2.24, 2.45) is 0 Å². The Morgan fingerprint density at radius 1 is 1.16 bits per heavy atom. The Morgan fingerprint density at radius 2 is 1.88 bits per heavy atom. The summed E-state index contributed by atoms with van der Waals surface area (Å²) >= 11 is 0. The average Bonchev–Trinajstić information content (AvgIpc) is 2.80. The molecule has 2 fully saturated rings. The van der Waals surface area contributed by atoms with E-state index in [9.17, 15) is 9.59 Å². The van der Waals surface area contributed by atoms with E-state index < -0.39 is 0 Å². The molecule has 5 nitrogen and oxygen atoms in total. The first-order chi connectivity index (χ1) is 12.0. The standard InChI is InChI=1S/C20H29N3O2/c1-22(2)18-11-7-8-15(12-18)20(25)21-16-13-19(24)23(14-16)17-9-5-3-4-6-10-17/h7-8,11-12,16-17H,3-6,9-10,13-14H2,1-2H3,(H,21,25)/t16-/m0/s1. The third kappa shape index (κ3) is 4.33. The number of rotatable bonds is 4. The van der Waals surface area contributed by atoms with E-state index in [0.29, 0.717) is 24.6 Å². The molecule has 3 rings (SSSR count). The van der Waals surface area contributed by atoms with Gasteiger partial charge in [0.1, 0.15) is 0 Å². The minimum absolute atomic E-state index is 0.0775. The van der Waals surface area contributed by atoms with E-state index in [1.165, 1.54) is 25.7 Å². The van der Waals surface area contributed by atoms with Gasteiger partial charge in [-0.25, -0.2) is 0 Å². The molecule has 2 aliphatic rings. The highest BCUT2D eigenvalue weighted by atomic mass is 16.2. The van der Waals surface area contributed by atoms with E-state index in [0.717, 1.165) is 18.5 Å². The smallest absolute Gasteiger partial charge is 0.251 e. The van der Waals surface area contributed by atoms with Crippen molar-refractivity contribution < 1.29 is 9.59 Å². The second-order valence-electron chi connectivity index (χ2n) is 7.51. The van der Waals surface area contributed by atoms with Gasteiger partial charge < -0.3 is 15.1 Å². The third-order valence-electron chi connectivity index (χ3n) is 5.38. The number of nitrogens with one attached hydrogen (secondary N) is 1. The van der Waals surface area contributed by atoms with Gasteiger partial charge in [-0.2, -0.15) is 0 Å². The highest BCUT2D eigenvalue weighted by Crippen LogP contribution is 2.26. The molecular weight excluding hydrogens is 314 g/mol. The summed E-state index contributed by atoms with van der Waals surface area (Å²) in [7, 11) is 3.91. The molecule has 0 unspecified atom stereocenters. The minimum atomic E-state index is -0.0933. The Kier molecular flexibility index (Phi) is 5.61. The van der Waals surface area contributed by atoms with Crippen LogP contribution < -0.4 is 10.2 Å². The Balaban J connectivity index is 1.61. The van der Waals surface area contributed by atoms with Crippen molar-refractivity contribution >= 4 is 17.5 Å². The highest BCUT2D eigenvalue weighted by Gasteiger charge is 2.35. The van der Waals surface area contributed by atoms with Gasteiger partial charge in [0.25, 0.3) is 5.91 Å². The Morgan fingerprint density at radius 3 is 2.56 bits per heavy atom. The Bertz CT molecular complexity index is 621. The number of carbonyl (C=O) groups excluding carboxylic acids is 2. The van der Waals surface area contributed by atoms with Crippen LogP contribution in [0, 0.1) is 0 Å². The van der Waals surface area contributed by atoms with Gasteiger partial charge in [-0.15, -0.1) is 0 Å². The van der Waals surface area contributed by atoms with Gasteiger partial charge in [-0.3, -0.25) is 9.59 Å². The number of carbonyl (C=O) groups is 2. The lowest BCUT2D eigenvalue weighted by Crippen LogP contribution is -2.40. The van der Waals surface area contributed by atoms with Crippen molar-refractivity contribution in [2.75, 3.05) is 25.5 Å². The summed E-state index contributed by atoms with van der Waals surface area (Å²) < 4.78 is 0. The molecule has 0 spiro atoms. The summed E-state index contributed by atoms with van der Waals surface area (Å²) in [5.41, 5.74) is 1.64. The molecule has 1 N–H and O–H groups in total. The van der Waals surface area contributed by atoms with Crippen molar-refractivity contribution in [3.05, 3.63) is 29.8 Å². The maximum Gasteiger partial charge on any atom is 0.251 e. The van der Waals surface area contributed by atoms with E-state index in [1.807, 2.05) is 48.2 Å². The van der Waals surface area contributed by atoms with E-state index in [1.54, 1.807) is 0 Å². The van der Waals surface area contributed by atoms with Crippen LogP contribution in [0.3, 0.4) is 0 Å². The predicted molar refractivity (Wildman–Crippen MR) is 99.8 cm³/mol. The lowest BCUT2D eigenvalue weighted by atomic mass is 10.1. The molecule has 1 atom stereocenters. The first-order valence-corrected chi connectivity index (χ1v) is 9.42. The van der Waals surface area contributed by atoms with Crippen LogP contribution in [-0.2, 0) is 4.79 Å². The fraction of sp³-hybridized carbons (Fsp3) is 0.600. The number of hydrogen-bond donors (Lipinski definition) is 1. The molecule has 0 radical (unpaired) electrons. The number of amides is 2. The fourth-order valence-corrected chi connectivity index (χ4v) is 3.94. The van der Waals surface area contributed by atoms with Crippen molar-refractivity contribution in [1.82, 2.24) is 10.2 Å².